The first kappa shape index (κ1) is 14.0. The Morgan fingerprint density at radius 3 is 2.65 bits per heavy atom. The molecule has 0 aliphatic heterocycles. The predicted molar refractivity (Wildman–Crippen MR) is 75.3 cm³/mol. The fourth-order valence-electron chi connectivity index (χ4n) is 1.52. The van der Waals surface area contributed by atoms with Crippen molar-refractivity contribution in [3.05, 3.63) is 47.5 Å². The number of halogens is 1. The molecule has 2 aromatic carbocycles. The Balaban J connectivity index is 1.96. The summed E-state index contributed by atoms with van der Waals surface area (Å²) in [5.41, 5.74) is 0.198. The van der Waals surface area contributed by atoms with Crippen molar-refractivity contribution in [2.24, 2.45) is 0 Å². The second kappa shape index (κ2) is 6.16. The van der Waals surface area contributed by atoms with Crippen LogP contribution in [0.2, 0.25) is 5.02 Å². The first-order chi connectivity index (χ1) is 9.56. The Hall–Kier alpha value is -2.40. The van der Waals surface area contributed by atoms with Crippen molar-refractivity contribution in [1.29, 1.82) is 0 Å². The van der Waals surface area contributed by atoms with E-state index in [0.717, 1.165) is 0 Å². The smallest absolute Gasteiger partial charge is 0.262 e. The highest BCUT2D eigenvalue weighted by atomic mass is 35.5. The third kappa shape index (κ3) is 3.55. The lowest BCUT2D eigenvalue weighted by Gasteiger charge is -2.09. The predicted octanol–water partition coefficient (Wildman–Crippen LogP) is 2.77. The van der Waals surface area contributed by atoms with Gasteiger partial charge in [0.1, 0.15) is 5.75 Å². The maximum absolute atomic E-state index is 11.7. The van der Waals surface area contributed by atoms with Crippen LogP contribution in [0.25, 0.3) is 0 Å². The molecular formula is C14H12ClNO4. The van der Waals surface area contributed by atoms with E-state index in [4.69, 9.17) is 16.3 Å². The third-order valence-electron chi connectivity index (χ3n) is 2.46. The van der Waals surface area contributed by atoms with Crippen molar-refractivity contribution in [2.75, 3.05) is 11.9 Å². The fourth-order valence-corrected chi connectivity index (χ4v) is 1.69. The molecule has 0 aromatic heterocycles. The average Bonchev–Trinajstić information content (AvgIpc) is 2.42. The largest absolute Gasteiger partial charge is 0.506 e. The number of phenolic OH excluding ortho intramolecular Hbond substituents is 2. The summed E-state index contributed by atoms with van der Waals surface area (Å²) < 4.78 is 5.16. The van der Waals surface area contributed by atoms with Gasteiger partial charge in [-0.05, 0) is 30.3 Å². The zero-order chi connectivity index (χ0) is 14.5. The Kier molecular flexibility index (Phi) is 4.32. The van der Waals surface area contributed by atoms with Gasteiger partial charge in [0.15, 0.2) is 18.1 Å². The Labute approximate surface area is 120 Å². The number of aromatic hydroxyl groups is 2. The Bertz CT molecular complexity index is 630. The van der Waals surface area contributed by atoms with E-state index in [2.05, 4.69) is 5.32 Å². The molecule has 104 valence electrons. The summed E-state index contributed by atoms with van der Waals surface area (Å²) in [4.78, 5) is 11.7. The number of amides is 1. The molecule has 2 aromatic rings. The molecule has 2 rings (SSSR count). The molecule has 5 nitrogen and oxygen atoms in total. The van der Waals surface area contributed by atoms with Gasteiger partial charge in [-0.3, -0.25) is 4.79 Å². The van der Waals surface area contributed by atoms with Crippen molar-refractivity contribution in [3.63, 3.8) is 0 Å². The number of hydrogen-bond donors (Lipinski definition) is 3. The molecular weight excluding hydrogens is 282 g/mol. The molecule has 0 spiro atoms. The first-order valence-corrected chi connectivity index (χ1v) is 6.13. The quantitative estimate of drug-likeness (QED) is 0.757. The highest BCUT2D eigenvalue weighted by Gasteiger charge is 2.09. The van der Waals surface area contributed by atoms with E-state index in [1.54, 1.807) is 18.2 Å². The zero-order valence-corrected chi connectivity index (χ0v) is 11.1. The monoisotopic (exact) mass is 293 g/mol. The summed E-state index contributed by atoms with van der Waals surface area (Å²) in [6.45, 7) is -0.302. The van der Waals surface area contributed by atoms with E-state index in [1.807, 2.05) is 0 Å². The molecule has 0 saturated carbocycles. The Morgan fingerprint density at radius 1 is 1.15 bits per heavy atom. The summed E-state index contributed by atoms with van der Waals surface area (Å²) >= 11 is 5.77. The first-order valence-electron chi connectivity index (χ1n) is 5.75. The molecule has 3 N–H and O–H groups in total. The number of hydrogen-bond acceptors (Lipinski definition) is 4. The SMILES string of the molecule is O=C(COc1ccccc1O)Nc1cc(Cl)ccc1O. The van der Waals surface area contributed by atoms with Gasteiger partial charge in [-0.1, -0.05) is 23.7 Å². The average molecular weight is 294 g/mol. The lowest BCUT2D eigenvalue weighted by molar-refractivity contribution is -0.118. The van der Waals surface area contributed by atoms with Gasteiger partial charge in [0, 0.05) is 5.02 Å². The van der Waals surface area contributed by atoms with Gasteiger partial charge in [-0.25, -0.2) is 0 Å². The van der Waals surface area contributed by atoms with Gasteiger partial charge >= 0.3 is 0 Å². The van der Waals surface area contributed by atoms with Crippen molar-refractivity contribution in [2.45, 2.75) is 0 Å². The van der Waals surface area contributed by atoms with Crippen molar-refractivity contribution in [1.82, 2.24) is 0 Å². The molecule has 0 aliphatic carbocycles. The van der Waals surface area contributed by atoms with Crippen LogP contribution >= 0.6 is 11.6 Å². The van der Waals surface area contributed by atoms with Crippen LogP contribution in [-0.2, 0) is 4.79 Å². The second-order valence-electron chi connectivity index (χ2n) is 3.97. The minimum absolute atomic E-state index is 0.0501. The van der Waals surface area contributed by atoms with Crippen LogP contribution in [-0.4, -0.2) is 22.7 Å². The van der Waals surface area contributed by atoms with E-state index >= 15 is 0 Å². The van der Waals surface area contributed by atoms with E-state index in [-0.39, 0.29) is 29.5 Å². The number of rotatable bonds is 4. The van der Waals surface area contributed by atoms with E-state index < -0.39 is 5.91 Å². The molecule has 6 heteroatoms. The number of carbonyl (C=O) groups is 1. The fraction of sp³-hybridized carbons (Fsp3) is 0.0714. The highest BCUT2D eigenvalue weighted by molar-refractivity contribution is 6.31. The molecule has 0 fully saturated rings. The Morgan fingerprint density at radius 2 is 1.90 bits per heavy atom. The summed E-state index contributed by atoms with van der Waals surface area (Å²) in [6.07, 6.45) is 0. The van der Waals surface area contributed by atoms with E-state index in [0.29, 0.717) is 5.02 Å². The van der Waals surface area contributed by atoms with Gasteiger partial charge in [-0.2, -0.15) is 0 Å². The maximum atomic E-state index is 11.7. The van der Waals surface area contributed by atoms with Crippen LogP contribution in [0.15, 0.2) is 42.5 Å². The number of benzene rings is 2. The van der Waals surface area contributed by atoms with Crippen LogP contribution in [0.3, 0.4) is 0 Å². The molecule has 0 aliphatic rings. The van der Waals surface area contributed by atoms with Gasteiger partial charge in [-0.15, -0.1) is 0 Å². The van der Waals surface area contributed by atoms with Gasteiger partial charge in [0.2, 0.25) is 0 Å². The molecule has 20 heavy (non-hydrogen) atoms. The lowest BCUT2D eigenvalue weighted by atomic mass is 10.3. The minimum atomic E-state index is -0.481. The van der Waals surface area contributed by atoms with E-state index in [9.17, 15) is 15.0 Å². The van der Waals surface area contributed by atoms with Crippen LogP contribution in [0.5, 0.6) is 17.2 Å². The van der Waals surface area contributed by atoms with Gasteiger partial charge in [0.25, 0.3) is 5.91 Å². The number of nitrogens with one attached hydrogen (secondary N) is 1. The molecule has 0 heterocycles. The summed E-state index contributed by atoms with van der Waals surface area (Å²) in [5, 5.41) is 21.9. The summed E-state index contributed by atoms with van der Waals surface area (Å²) in [6, 6.07) is 10.6. The zero-order valence-electron chi connectivity index (χ0n) is 10.3. The van der Waals surface area contributed by atoms with Crippen molar-refractivity contribution >= 4 is 23.2 Å². The number of phenols is 2. The summed E-state index contributed by atoms with van der Waals surface area (Å²) in [7, 11) is 0. The van der Waals surface area contributed by atoms with Crippen LogP contribution < -0.4 is 10.1 Å². The van der Waals surface area contributed by atoms with Crippen LogP contribution in [0, 0.1) is 0 Å². The molecule has 0 radical (unpaired) electrons. The van der Waals surface area contributed by atoms with Crippen molar-refractivity contribution in [3.8, 4) is 17.2 Å². The topological polar surface area (TPSA) is 78.8 Å². The van der Waals surface area contributed by atoms with Crippen molar-refractivity contribution < 1.29 is 19.7 Å². The third-order valence-corrected chi connectivity index (χ3v) is 2.69. The molecule has 0 unspecified atom stereocenters. The summed E-state index contributed by atoms with van der Waals surface area (Å²) in [5.74, 6) is -0.417. The molecule has 1 amide bonds. The second-order valence-corrected chi connectivity index (χ2v) is 4.40. The van der Waals surface area contributed by atoms with Gasteiger partial charge < -0.3 is 20.3 Å². The normalized spacial score (nSPS) is 10.1. The highest BCUT2D eigenvalue weighted by Crippen LogP contribution is 2.27. The molecule has 0 bridgehead atoms. The van der Waals surface area contributed by atoms with Gasteiger partial charge in [0.05, 0.1) is 5.69 Å². The van der Waals surface area contributed by atoms with E-state index in [1.165, 1.54) is 24.3 Å². The number of carbonyl (C=O) groups excluding carboxylic acids is 1. The number of anilines is 1. The maximum Gasteiger partial charge on any atom is 0.262 e. The lowest BCUT2D eigenvalue weighted by Crippen LogP contribution is -2.20. The van der Waals surface area contributed by atoms with Crippen LogP contribution in [0.1, 0.15) is 0 Å². The molecule has 0 saturated heterocycles. The molecule has 0 atom stereocenters. The number of para-hydroxylation sites is 2. The minimum Gasteiger partial charge on any atom is -0.506 e. The standard InChI is InChI=1S/C14H12ClNO4/c15-9-5-6-11(17)10(7-9)16-14(19)8-20-13-4-2-1-3-12(13)18/h1-7,17-18H,8H2,(H,16,19). The van der Waals surface area contributed by atoms with Crippen LogP contribution in [0.4, 0.5) is 5.69 Å². The number of ether oxygens (including phenoxy) is 1.